The van der Waals surface area contributed by atoms with E-state index in [0.29, 0.717) is 6.54 Å². The van der Waals surface area contributed by atoms with Crippen LogP contribution in [0.4, 0.5) is 10.1 Å². The molecular weight excluding hydrogens is 211 g/mol. The second-order valence-electron chi connectivity index (χ2n) is 3.33. The monoisotopic (exact) mass is 220 g/mol. The number of rotatable bonds is 2. The molecule has 1 heterocycles. The van der Waals surface area contributed by atoms with E-state index in [1.807, 2.05) is 0 Å². The lowest BCUT2D eigenvalue weighted by molar-refractivity contribution is -0.419. The predicted octanol–water partition coefficient (Wildman–Crippen LogP) is 2.32. The van der Waals surface area contributed by atoms with Gasteiger partial charge in [0.2, 0.25) is 0 Å². The second-order valence-corrected chi connectivity index (χ2v) is 3.33. The van der Waals surface area contributed by atoms with E-state index >= 15 is 0 Å². The Kier molecular flexibility index (Phi) is 2.68. The van der Waals surface area contributed by atoms with Gasteiger partial charge in [0.25, 0.3) is 5.70 Å². The average Bonchev–Trinajstić information content (AvgIpc) is 2.30. The van der Waals surface area contributed by atoms with Gasteiger partial charge in [-0.15, -0.1) is 0 Å². The molecule has 4 nitrogen and oxygen atoms in total. The van der Waals surface area contributed by atoms with Crippen molar-refractivity contribution in [3.63, 3.8) is 0 Å². The number of nitrogens with zero attached hydrogens (tertiary/aromatic N) is 2. The lowest BCUT2D eigenvalue weighted by atomic mass is 10.2. The van der Waals surface area contributed by atoms with Crippen LogP contribution in [0.1, 0.15) is 0 Å². The third-order valence-electron chi connectivity index (χ3n) is 2.29. The summed E-state index contributed by atoms with van der Waals surface area (Å²) in [6.07, 6.45) is 4.56. The Morgan fingerprint density at radius 3 is 2.50 bits per heavy atom. The van der Waals surface area contributed by atoms with Crippen molar-refractivity contribution in [2.24, 2.45) is 0 Å². The third-order valence-corrected chi connectivity index (χ3v) is 2.29. The number of hydrogen-bond donors (Lipinski definition) is 0. The molecule has 1 aromatic carbocycles. The number of hydrogen-bond acceptors (Lipinski definition) is 3. The Bertz CT molecular complexity index is 465. The molecule has 82 valence electrons. The quantitative estimate of drug-likeness (QED) is 0.567. The SMILES string of the molecule is O=[N+]([O-])C1=CCN(c2ccc(F)cc2)C=C1. The summed E-state index contributed by atoms with van der Waals surface area (Å²) in [4.78, 5) is 11.8. The fourth-order valence-electron chi connectivity index (χ4n) is 1.45. The van der Waals surface area contributed by atoms with E-state index in [1.54, 1.807) is 23.2 Å². The van der Waals surface area contributed by atoms with Gasteiger partial charge in [0, 0.05) is 30.6 Å². The van der Waals surface area contributed by atoms with Crippen molar-refractivity contribution in [2.45, 2.75) is 0 Å². The zero-order chi connectivity index (χ0) is 11.5. The molecule has 0 bridgehead atoms. The summed E-state index contributed by atoms with van der Waals surface area (Å²) in [7, 11) is 0. The molecule has 0 aromatic heterocycles. The van der Waals surface area contributed by atoms with Crippen LogP contribution in [0.2, 0.25) is 0 Å². The highest BCUT2D eigenvalue weighted by Gasteiger charge is 2.13. The summed E-state index contributed by atoms with van der Waals surface area (Å²) in [6, 6.07) is 5.97. The standard InChI is InChI=1S/C11H9FN2O2/c12-9-1-3-10(4-2-9)13-7-5-11(6-8-13)14(15)16/h1-7H,8H2. The van der Waals surface area contributed by atoms with Gasteiger partial charge in [-0.25, -0.2) is 4.39 Å². The molecule has 1 aliphatic heterocycles. The first-order valence-electron chi connectivity index (χ1n) is 4.72. The minimum absolute atomic E-state index is 0.0818. The van der Waals surface area contributed by atoms with Crippen molar-refractivity contribution >= 4 is 5.69 Å². The fourth-order valence-corrected chi connectivity index (χ4v) is 1.45. The first-order chi connectivity index (χ1) is 7.66. The molecule has 0 saturated carbocycles. The molecular formula is C11H9FN2O2. The van der Waals surface area contributed by atoms with Crippen LogP contribution in [0.25, 0.3) is 0 Å². The summed E-state index contributed by atoms with van der Waals surface area (Å²) in [5.74, 6) is -0.300. The van der Waals surface area contributed by atoms with E-state index in [1.165, 1.54) is 24.3 Å². The van der Waals surface area contributed by atoms with Gasteiger partial charge >= 0.3 is 0 Å². The fraction of sp³-hybridized carbons (Fsp3) is 0.0909. The van der Waals surface area contributed by atoms with Gasteiger partial charge in [-0.2, -0.15) is 0 Å². The van der Waals surface area contributed by atoms with Crippen LogP contribution >= 0.6 is 0 Å². The maximum atomic E-state index is 12.7. The molecule has 1 aliphatic rings. The van der Waals surface area contributed by atoms with Crippen molar-refractivity contribution in [1.29, 1.82) is 0 Å². The topological polar surface area (TPSA) is 46.4 Å². The lowest BCUT2D eigenvalue weighted by Gasteiger charge is -2.20. The Balaban J connectivity index is 2.14. The number of benzene rings is 1. The molecule has 5 heteroatoms. The molecule has 0 spiro atoms. The van der Waals surface area contributed by atoms with E-state index in [2.05, 4.69) is 0 Å². The van der Waals surface area contributed by atoms with Gasteiger partial charge in [-0.05, 0) is 24.3 Å². The Hall–Kier alpha value is -2.17. The zero-order valence-corrected chi connectivity index (χ0v) is 8.34. The molecule has 0 atom stereocenters. The summed E-state index contributed by atoms with van der Waals surface area (Å²) in [5.41, 5.74) is 0.884. The minimum atomic E-state index is -0.432. The van der Waals surface area contributed by atoms with Crippen LogP contribution in [0.3, 0.4) is 0 Å². The summed E-state index contributed by atoms with van der Waals surface area (Å²) >= 11 is 0. The van der Waals surface area contributed by atoms with Crippen LogP contribution in [-0.2, 0) is 0 Å². The van der Waals surface area contributed by atoms with Gasteiger partial charge in [-0.3, -0.25) is 10.1 Å². The van der Waals surface area contributed by atoms with Crippen LogP contribution in [0.15, 0.2) is 48.3 Å². The highest BCUT2D eigenvalue weighted by molar-refractivity contribution is 5.51. The maximum absolute atomic E-state index is 12.7. The largest absolute Gasteiger partial charge is 0.344 e. The van der Waals surface area contributed by atoms with Crippen LogP contribution in [0, 0.1) is 15.9 Å². The van der Waals surface area contributed by atoms with Crippen molar-refractivity contribution in [3.8, 4) is 0 Å². The summed E-state index contributed by atoms with van der Waals surface area (Å²) < 4.78 is 12.7. The number of halogens is 1. The molecule has 16 heavy (non-hydrogen) atoms. The molecule has 0 amide bonds. The minimum Gasteiger partial charge on any atom is -0.344 e. The van der Waals surface area contributed by atoms with Crippen molar-refractivity contribution < 1.29 is 9.31 Å². The van der Waals surface area contributed by atoms with E-state index in [-0.39, 0.29) is 11.5 Å². The first-order valence-corrected chi connectivity index (χ1v) is 4.72. The van der Waals surface area contributed by atoms with Crippen molar-refractivity contribution in [2.75, 3.05) is 11.4 Å². The van der Waals surface area contributed by atoms with Crippen LogP contribution < -0.4 is 4.90 Å². The normalized spacial score (nSPS) is 14.8. The Morgan fingerprint density at radius 2 is 2.00 bits per heavy atom. The smallest absolute Gasteiger partial charge is 0.268 e. The van der Waals surface area contributed by atoms with E-state index in [9.17, 15) is 14.5 Å². The zero-order valence-electron chi connectivity index (χ0n) is 8.34. The third kappa shape index (κ3) is 2.08. The second kappa shape index (κ2) is 4.14. The van der Waals surface area contributed by atoms with Crippen molar-refractivity contribution in [1.82, 2.24) is 0 Å². The van der Waals surface area contributed by atoms with E-state index in [4.69, 9.17) is 0 Å². The van der Waals surface area contributed by atoms with E-state index in [0.717, 1.165) is 5.69 Å². The number of nitro groups is 1. The van der Waals surface area contributed by atoms with Gasteiger partial charge in [0.05, 0.1) is 4.92 Å². The molecule has 0 saturated heterocycles. The molecule has 2 rings (SSSR count). The highest BCUT2D eigenvalue weighted by Crippen LogP contribution is 2.18. The molecule has 0 N–H and O–H groups in total. The maximum Gasteiger partial charge on any atom is 0.268 e. The van der Waals surface area contributed by atoms with Gasteiger partial charge in [-0.1, -0.05) is 0 Å². The van der Waals surface area contributed by atoms with Gasteiger partial charge < -0.3 is 4.90 Å². The highest BCUT2D eigenvalue weighted by atomic mass is 19.1. The summed E-state index contributed by atoms with van der Waals surface area (Å²) in [6.45, 7) is 0.415. The summed E-state index contributed by atoms with van der Waals surface area (Å²) in [5, 5.41) is 10.5. The predicted molar refractivity (Wildman–Crippen MR) is 58.0 cm³/mol. The number of anilines is 1. The Morgan fingerprint density at radius 1 is 1.31 bits per heavy atom. The van der Waals surface area contributed by atoms with Gasteiger partial charge in [0.1, 0.15) is 5.82 Å². The average molecular weight is 220 g/mol. The Labute approximate surface area is 91.4 Å². The molecule has 0 aliphatic carbocycles. The number of allylic oxidation sites excluding steroid dienone is 1. The lowest BCUT2D eigenvalue weighted by Crippen LogP contribution is -2.20. The van der Waals surface area contributed by atoms with Gasteiger partial charge in [0.15, 0.2) is 0 Å². The van der Waals surface area contributed by atoms with Crippen LogP contribution in [-0.4, -0.2) is 11.5 Å². The molecule has 0 radical (unpaired) electrons. The molecule has 0 fully saturated rings. The van der Waals surface area contributed by atoms with E-state index < -0.39 is 4.92 Å². The van der Waals surface area contributed by atoms with Crippen molar-refractivity contribution in [3.05, 3.63) is 64.2 Å². The molecule has 1 aromatic rings. The molecule has 0 unspecified atom stereocenters. The van der Waals surface area contributed by atoms with Crippen LogP contribution in [0.5, 0.6) is 0 Å². The first kappa shape index (κ1) is 10.4.